The first-order valence-corrected chi connectivity index (χ1v) is 7.86. The summed E-state index contributed by atoms with van der Waals surface area (Å²) in [6.45, 7) is 0.298. The second-order valence-electron chi connectivity index (χ2n) is 4.34. The SMILES string of the molecule is O=S(=O)(c1ccc(F)cc1)N(CCCl)C1CCC1. The average Bonchev–Trinajstić information content (AvgIpc) is 2.26. The summed E-state index contributed by atoms with van der Waals surface area (Å²) >= 11 is 5.67. The van der Waals surface area contributed by atoms with Crippen molar-refractivity contribution in [2.75, 3.05) is 12.4 Å². The van der Waals surface area contributed by atoms with E-state index in [2.05, 4.69) is 0 Å². The molecule has 6 heteroatoms. The van der Waals surface area contributed by atoms with Crippen LogP contribution in [0.25, 0.3) is 0 Å². The van der Waals surface area contributed by atoms with Gasteiger partial charge in [0.25, 0.3) is 0 Å². The lowest BCUT2D eigenvalue weighted by Crippen LogP contribution is -2.45. The summed E-state index contributed by atoms with van der Waals surface area (Å²) in [4.78, 5) is 0.126. The lowest BCUT2D eigenvalue weighted by Gasteiger charge is -2.36. The summed E-state index contributed by atoms with van der Waals surface area (Å²) < 4.78 is 39.1. The molecule has 2 rings (SSSR count). The minimum atomic E-state index is -3.56. The quantitative estimate of drug-likeness (QED) is 0.782. The highest BCUT2D eigenvalue weighted by Gasteiger charge is 2.34. The third-order valence-electron chi connectivity index (χ3n) is 3.21. The molecule has 18 heavy (non-hydrogen) atoms. The highest BCUT2D eigenvalue weighted by Crippen LogP contribution is 2.29. The number of halogens is 2. The Bertz CT molecular complexity index is 499. The van der Waals surface area contributed by atoms with E-state index in [0.29, 0.717) is 6.54 Å². The molecule has 0 heterocycles. The number of sulfonamides is 1. The van der Waals surface area contributed by atoms with Gasteiger partial charge in [-0.15, -0.1) is 11.6 Å². The van der Waals surface area contributed by atoms with Crippen molar-refractivity contribution >= 4 is 21.6 Å². The number of hydrogen-bond acceptors (Lipinski definition) is 2. The van der Waals surface area contributed by atoms with Gasteiger partial charge in [0, 0.05) is 18.5 Å². The van der Waals surface area contributed by atoms with E-state index in [0.717, 1.165) is 31.4 Å². The Labute approximate surface area is 112 Å². The molecule has 0 unspecified atom stereocenters. The van der Waals surface area contributed by atoms with Gasteiger partial charge in [0.05, 0.1) is 4.90 Å². The van der Waals surface area contributed by atoms with Crippen LogP contribution in [0, 0.1) is 5.82 Å². The largest absolute Gasteiger partial charge is 0.243 e. The topological polar surface area (TPSA) is 37.4 Å². The molecule has 0 amide bonds. The summed E-state index contributed by atoms with van der Waals surface area (Å²) in [5.74, 6) is -0.182. The Kier molecular flexibility index (Phi) is 4.25. The van der Waals surface area contributed by atoms with Crippen LogP contribution < -0.4 is 0 Å². The number of alkyl halides is 1. The molecule has 3 nitrogen and oxygen atoms in total. The Morgan fingerprint density at radius 2 is 1.89 bits per heavy atom. The normalized spacial score (nSPS) is 16.8. The van der Waals surface area contributed by atoms with Gasteiger partial charge in [-0.2, -0.15) is 4.31 Å². The van der Waals surface area contributed by atoms with Crippen LogP contribution in [0.4, 0.5) is 4.39 Å². The van der Waals surface area contributed by atoms with Crippen LogP contribution in [0.15, 0.2) is 29.2 Å². The first-order valence-electron chi connectivity index (χ1n) is 5.89. The van der Waals surface area contributed by atoms with Crippen molar-refractivity contribution in [3.8, 4) is 0 Å². The van der Waals surface area contributed by atoms with Crippen LogP contribution in [0.5, 0.6) is 0 Å². The van der Waals surface area contributed by atoms with E-state index in [1.165, 1.54) is 16.4 Å². The molecule has 0 aromatic heterocycles. The molecule has 0 spiro atoms. The fraction of sp³-hybridized carbons (Fsp3) is 0.500. The van der Waals surface area contributed by atoms with E-state index in [9.17, 15) is 12.8 Å². The molecule has 1 aromatic carbocycles. The standard InChI is InChI=1S/C12H15ClFNO2S/c13-8-9-15(11-2-1-3-11)18(16,17)12-6-4-10(14)5-7-12/h4-7,11H,1-3,8-9H2. The first-order chi connectivity index (χ1) is 8.55. The lowest BCUT2D eigenvalue weighted by atomic mass is 9.93. The first kappa shape index (κ1) is 13.8. The summed E-state index contributed by atoms with van der Waals surface area (Å²) in [6.07, 6.45) is 2.79. The molecule has 0 N–H and O–H groups in total. The zero-order chi connectivity index (χ0) is 13.2. The molecule has 1 aliphatic carbocycles. The number of rotatable bonds is 5. The van der Waals surface area contributed by atoms with Gasteiger partial charge < -0.3 is 0 Å². The van der Waals surface area contributed by atoms with Crippen molar-refractivity contribution in [1.82, 2.24) is 4.31 Å². The van der Waals surface area contributed by atoms with Crippen LogP contribution >= 0.6 is 11.6 Å². The number of hydrogen-bond donors (Lipinski definition) is 0. The summed E-state index contributed by atoms with van der Waals surface area (Å²) in [7, 11) is -3.56. The fourth-order valence-corrected chi connectivity index (χ4v) is 3.97. The average molecular weight is 292 g/mol. The smallest absolute Gasteiger partial charge is 0.207 e. The summed E-state index contributed by atoms with van der Waals surface area (Å²) in [6, 6.07) is 4.95. The van der Waals surface area contributed by atoms with E-state index in [1.54, 1.807) is 0 Å². The van der Waals surface area contributed by atoms with Crippen molar-refractivity contribution in [3.05, 3.63) is 30.1 Å². The maximum Gasteiger partial charge on any atom is 0.243 e. The molecule has 0 radical (unpaired) electrons. The molecular weight excluding hydrogens is 277 g/mol. The van der Waals surface area contributed by atoms with Gasteiger partial charge in [0.15, 0.2) is 0 Å². The highest BCUT2D eigenvalue weighted by molar-refractivity contribution is 7.89. The van der Waals surface area contributed by atoms with Crippen LogP contribution in [-0.2, 0) is 10.0 Å². The molecular formula is C12H15ClFNO2S. The molecule has 0 saturated heterocycles. The molecule has 0 aliphatic heterocycles. The molecule has 0 atom stereocenters. The van der Waals surface area contributed by atoms with E-state index in [-0.39, 0.29) is 16.8 Å². The predicted molar refractivity (Wildman–Crippen MR) is 68.7 cm³/mol. The van der Waals surface area contributed by atoms with Crippen molar-refractivity contribution in [3.63, 3.8) is 0 Å². The molecule has 1 aromatic rings. The van der Waals surface area contributed by atoms with E-state index < -0.39 is 15.8 Å². The van der Waals surface area contributed by atoms with Crippen molar-refractivity contribution in [2.24, 2.45) is 0 Å². The van der Waals surface area contributed by atoms with Crippen LogP contribution in [-0.4, -0.2) is 31.2 Å². The third-order valence-corrected chi connectivity index (χ3v) is 5.34. The van der Waals surface area contributed by atoms with E-state index >= 15 is 0 Å². The Morgan fingerprint density at radius 1 is 1.28 bits per heavy atom. The predicted octanol–water partition coefficient (Wildman–Crippen LogP) is 2.61. The second-order valence-corrected chi connectivity index (χ2v) is 6.61. The minimum absolute atomic E-state index is 0.0406. The Morgan fingerprint density at radius 3 is 2.33 bits per heavy atom. The Hall–Kier alpha value is -0.650. The molecule has 1 fully saturated rings. The fourth-order valence-electron chi connectivity index (χ4n) is 2.00. The van der Waals surface area contributed by atoms with Gasteiger partial charge in [-0.25, -0.2) is 12.8 Å². The number of benzene rings is 1. The maximum atomic E-state index is 12.8. The van der Waals surface area contributed by atoms with Gasteiger partial charge in [-0.1, -0.05) is 6.42 Å². The molecule has 100 valence electrons. The van der Waals surface area contributed by atoms with Crippen molar-refractivity contribution < 1.29 is 12.8 Å². The lowest BCUT2D eigenvalue weighted by molar-refractivity contribution is 0.227. The monoisotopic (exact) mass is 291 g/mol. The van der Waals surface area contributed by atoms with Gasteiger partial charge in [-0.3, -0.25) is 0 Å². The zero-order valence-corrected chi connectivity index (χ0v) is 11.4. The molecule has 0 bridgehead atoms. The zero-order valence-electron chi connectivity index (χ0n) is 9.85. The minimum Gasteiger partial charge on any atom is -0.207 e. The summed E-state index contributed by atoms with van der Waals surface area (Å²) in [5, 5.41) is 0. The maximum absolute atomic E-state index is 12.8. The molecule has 1 saturated carbocycles. The van der Waals surface area contributed by atoms with Gasteiger partial charge in [0.1, 0.15) is 5.82 Å². The van der Waals surface area contributed by atoms with Gasteiger partial charge in [0.2, 0.25) is 10.0 Å². The third kappa shape index (κ3) is 2.68. The second kappa shape index (κ2) is 5.55. The summed E-state index contributed by atoms with van der Waals surface area (Å²) in [5.41, 5.74) is 0. The van der Waals surface area contributed by atoms with Gasteiger partial charge in [-0.05, 0) is 37.1 Å². The van der Waals surface area contributed by atoms with Gasteiger partial charge >= 0.3 is 0 Å². The van der Waals surface area contributed by atoms with Crippen molar-refractivity contribution in [2.45, 2.75) is 30.2 Å². The van der Waals surface area contributed by atoms with Crippen molar-refractivity contribution in [1.29, 1.82) is 0 Å². The van der Waals surface area contributed by atoms with Crippen LogP contribution in [0.1, 0.15) is 19.3 Å². The van der Waals surface area contributed by atoms with Crippen LogP contribution in [0.3, 0.4) is 0 Å². The molecule has 1 aliphatic rings. The Balaban J connectivity index is 2.29. The van der Waals surface area contributed by atoms with E-state index in [1.807, 2.05) is 0 Å². The highest BCUT2D eigenvalue weighted by atomic mass is 35.5. The number of nitrogens with zero attached hydrogens (tertiary/aromatic N) is 1. The van der Waals surface area contributed by atoms with E-state index in [4.69, 9.17) is 11.6 Å². The van der Waals surface area contributed by atoms with Crippen LogP contribution in [0.2, 0.25) is 0 Å².